The molecule has 1 aliphatic rings. The highest BCUT2D eigenvalue weighted by atomic mass is 16.5. The molecule has 0 fully saturated rings. The van der Waals surface area contributed by atoms with Crippen LogP contribution >= 0.6 is 0 Å². The molecule has 2 unspecified atom stereocenters. The maximum absolute atomic E-state index is 6.02. The zero-order valence-corrected chi connectivity index (χ0v) is 11.2. The topological polar surface area (TPSA) is 66.0 Å². The predicted molar refractivity (Wildman–Crippen MR) is 73.0 cm³/mol. The Balaban J connectivity index is 2.00. The molecule has 5 nitrogen and oxygen atoms in total. The average molecular weight is 258 g/mol. The van der Waals surface area contributed by atoms with Gasteiger partial charge in [-0.05, 0) is 18.6 Å². The molecule has 0 saturated carbocycles. The molecule has 19 heavy (non-hydrogen) atoms. The molecule has 0 radical (unpaired) electrons. The molecular formula is C14H18N4O. The smallest absolute Gasteiger partial charge is 0.181 e. The summed E-state index contributed by atoms with van der Waals surface area (Å²) >= 11 is 0. The number of methoxy groups -OCH3 is 1. The van der Waals surface area contributed by atoms with Crippen LogP contribution in [0.4, 0.5) is 0 Å². The van der Waals surface area contributed by atoms with Gasteiger partial charge in [0.05, 0.1) is 13.7 Å². The maximum Gasteiger partial charge on any atom is 0.181 e. The number of nitrogens with zero attached hydrogens (tertiary/aromatic N) is 3. The number of aromatic nitrogens is 3. The van der Waals surface area contributed by atoms with Gasteiger partial charge in [0.25, 0.3) is 0 Å². The minimum Gasteiger partial charge on any atom is -0.497 e. The van der Waals surface area contributed by atoms with E-state index in [2.05, 4.69) is 17.0 Å². The number of hydrogen-bond acceptors (Lipinski definition) is 4. The quantitative estimate of drug-likeness (QED) is 0.891. The van der Waals surface area contributed by atoms with Gasteiger partial charge in [0.1, 0.15) is 11.6 Å². The Morgan fingerprint density at radius 2 is 2.26 bits per heavy atom. The summed E-state index contributed by atoms with van der Waals surface area (Å²) in [5.41, 5.74) is 7.00. The van der Waals surface area contributed by atoms with Crippen LogP contribution in [0.1, 0.15) is 25.1 Å². The Morgan fingerprint density at radius 3 is 3.05 bits per heavy atom. The van der Waals surface area contributed by atoms with Crippen molar-refractivity contribution < 1.29 is 4.74 Å². The molecule has 1 aromatic heterocycles. The van der Waals surface area contributed by atoms with E-state index in [0.717, 1.165) is 35.9 Å². The lowest BCUT2D eigenvalue weighted by molar-refractivity contribution is 0.382. The molecule has 1 aromatic carbocycles. The van der Waals surface area contributed by atoms with Crippen molar-refractivity contribution in [3.8, 4) is 17.1 Å². The fraction of sp³-hybridized carbons (Fsp3) is 0.429. The van der Waals surface area contributed by atoms with Crippen molar-refractivity contribution in [1.82, 2.24) is 14.8 Å². The Bertz CT molecular complexity index is 593. The van der Waals surface area contributed by atoms with Crippen LogP contribution in [0.2, 0.25) is 0 Å². The van der Waals surface area contributed by atoms with Crippen LogP contribution in [-0.2, 0) is 6.54 Å². The first-order valence-electron chi connectivity index (χ1n) is 6.52. The first-order chi connectivity index (χ1) is 9.17. The normalized spacial score (nSPS) is 22.1. The highest BCUT2D eigenvalue weighted by Crippen LogP contribution is 2.28. The number of hydrogen-bond donors (Lipinski definition) is 1. The summed E-state index contributed by atoms with van der Waals surface area (Å²) in [5.74, 6) is 2.94. The van der Waals surface area contributed by atoms with Crippen LogP contribution in [0.25, 0.3) is 11.4 Å². The van der Waals surface area contributed by atoms with Crippen molar-refractivity contribution in [2.75, 3.05) is 7.11 Å². The Morgan fingerprint density at radius 1 is 1.42 bits per heavy atom. The molecule has 0 spiro atoms. The summed E-state index contributed by atoms with van der Waals surface area (Å²) < 4.78 is 7.17. The summed E-state index contributed by atoms with van der Waals surface area (Å²) in [5, 5.41) is 4.57. The number of fused-ring (bicyclic) bond motifs is 1. The van der Waals surface area contributed by atoms with Gasteiger partial charge in [-0.25, -0.2) is 9.67 Å². The number of nitrogens with two attached hydrogens (primary N) is 1. The summed E-state index contributed by atoms with van der Waals surface area (Å²) in [6.07, 6.45) is 0.968. The highest BCUT2D eigenvalue weighted by Gasteiger charge is 2.25. The molecule has 2 aromatic rings. The molecule has 0 amide bonds. The van der Waals surface area contributed by atoms with Crippen LogP contribution in [0.3, 0.4) is 0 Å². The molecule has 0 saturated heterocycles. The molecule has 0 bridgehead atoms. The third-order valence-corrected chi connectivity index (χ3v) is 3.53. The van der Waals surface area contributed by atoms with Gasteiger partial charge >= 0.3 is 0 Å². The minimum atomic E-state index is 0.169. The van der Waals surface area contributed by atoms with E-state index in [1.165, 1.54) is 0 Å². The lowest BCUT2D eigenvalue weighted by Crippen LogP contribution is -2.34. The zero-order valence-electron chi connectivity index (χ0n) is 11.2. The average Bonchev–Trinajstić information content (AvgIpc) is 2.83. The number of benzene rings is 1. The Kier molecular flexibility index (Phi) is 2.98. The van der Waals surface area contributed by atoms with Gasteiger partial charge in [0.15, 0.2) is 5.82 Å². The standard InChI is InChI=1S/C14H18N4O/c1-9-6-11(15)8-18-14(9)16-13(17-18)10-4-3-5-12(7-10)19-2/h3-5,7,9,11H,6,8,15H2,1-2H3. The summed E-state index contributed by atoms with van der Waals surface area (Å²) in [7, 11) is 1.66. The van der Waals surface area contributed by atoms with Crippen LogP contribution in [0, 0.1) is 0 Å². The molecule has 3 rings (SSSR count). The SMILES string of the molecule is COc1cccc(-c2nc3n(n2)CC(N)CC3C)c1. The van der Waals surface area contributed by atoms with Crippen molar-refractivity contribution in [3.05, 3.63) is 30.1 Å². The van der Waals surface area contributed by atoms with Gasteiger partial charge in [0.2, 0.25) is 0 Å². The van der Waals surface area contributed by atoms with E-state index in [9.17, 15) is 0 Å². The Labute approximate surface area is 112 Å². The van der Waals surface area contributed by atoms with E-state index in [4.69, 9.17) is 10.5 Å². The van der Waals surface area contributed by atoms with Crippen LogP contribution in [-0.4, -0.2) is 27.9 Å². The second kappa shape index (κ2) is 4.66. The third-order valence-electron chi connectivity index (χ3n) is 3.53. The summed E-state index contributed by atoms with van der Waals surface area (Å²) in [6.45, 7) is 2.89. The van der Waals surface area contributed by atoms with Gasteiger partial charge in [-0.1, -0.05) is 19.1 Å². The maximum atomic E-state index is 6.02. The van der Waals surface area contributed by atoms with E-state index in [-0.39, 0.29) is 6.04 Å². The zero-order chi connectivity index (χ0) is 13.4. The van der Waals surface area contributed by atoms with Gasteiger partial charge in [-0.3, -0.25) is 0 Å². The lowest BCUT2D eigenvalue weighted by atomic mass is 9.98. The van der Waals surface area contributed by atoms with E-state index < -0.39 is 0 Å². The first kappa shape index (κ1) is 12.2. The number of rotatable bonds is 2. The minimum absolute atomic E-state index is 0.169. The largest absolute Gasteiger partial charge is 0.497 e. The van der Waals surface area contributed by atoms with Crippen molar-refractivity contribution in [1.29, 1.82) is 0 Å². The molecular weight excluding hydrogens is 240 g/mol. The van der Waals surface area contributed by atoms with Crippen molar-refractivity contribution >= 4 is 0 Å². The van der Waals surface area contributed by atoms with E-state index >= 15 is 0 Å². The third kappa shape index (κ3) is 2.21. The highest BCUT2D eigenvalue weighted by molar-refractivity contribution is 5.57. The molecule has 1 aliphatic heterocycles. The second-order valence-corrected chi connectivity index (χ2v) is 5.10. The molecule has 2 atom stereocenters. The van der Waals surface area contributed by atoms with Crippen LogP contribution < -0.4 is 10.5 Å². The predicted octanol–water partition coefficient (Wildman–Crippen LogP) is 1.79. The van der Waals surface area contributed by atoms with Crippen LogP contribution in [0.15, 0.2) is 24.3 Å². The van der Waals surface area contributed by atoms with Gasteiger partial charge in [-0.2, -0.15) is 5.10 Å². The van der Waals surface area contributed by atoms with E-state index in [1.807, 2.05) is 28.9 Å². The monoisotopic (exact) mass is 258 g/mol. The van der Waals surface area contributed by atoms with E-state index in [1.54, 1.807) is 7.11 Å². The molecule has 5 heteroatoms. The van der Waals surface area contributed by atoms with Crippen molar-refractivity contribution in [2.24, 2.45) is 5.73 Å². The lowest BCUT2D eigenvalue weighted by Gasteiger charge is -2.23. The van der Waals surface area contributed by atoms with Crippen molar-refractivity contribution in [2.45, 2.75) is 31.8 Å². The Hall–Kier alpha value is -1.88. The second-order valence-electron chi connectivity index (χ2n) is 5.10. The van der Waals surface area contributed by atoms with Gasteiger partial charge in [-0.15, -0.1) is 0 Å². The molecule has 2 heterocycles. The fourth-order valence-corrected chi connectivity index (χ4v) is 2.59. The van der Waals surface area contributed by atoms with Gasteiger partial charge in [0, 0.05) is 17.5 Å². The van der Waals surface area contributed by atoms with Gasteiger partial charge < -0.3 is 10.5 Å². The summed E-state index contributed by atoms with van der Waals surface area (Å²) in [6, 6.07) is 7.98. The molecule has 0 aliphatic carbocycles. The van der Waals surface area contributed by atoms with E-state index in [0.29, 0.717) is 5.92 Å². The molecule has 2 N–H and O–H groups in total. The molecule has 100 valence electrons. The summed E-state index contributed by atoms with van der Waals surface area (Å²) in [4.78, 5) is 4.65. The number of ether oxygens (including phenoxy) is 1. The fourth-order valence-electron chi connectivity index (χ4n) is 2.59. The first-order valence-corrected chi connectivity index (χ1v) is 6.52. The van der Waals surface area contributed by atoms with Crippen molar-refractivity contribution in [3.63, 3.8) is 0 Å². The van der Waals surface area contributed by atoms with Crippen LogP contribution in [0.5, 0.6) is 5.75 Å².